The molecule has 1 heterocycles. The van der Waals surface area contributed by atoms with Gasteiger partial charge < -0.3 is 19.9 Å². The molecule has 0 fully saturated rings. The Hall–Kier alpha value is -3.48. The Morgan fingerprint density at radius 2 is 1.76 bits per heavy atom. The number of anilines is 1. The predicted molar refractivity (Wildman–Crippen MR) is 132 cm³/mol. The lowest BCUT2D eigenvalue weighted by molar-refractivity contribution is 0.206. The number of carbonyl (C=O) groups is 1. The number of ether oxygens (including phenoxy) is 1. The van der Waals surface area contributed by atoms with Gasteiger partial charge in [0.1, 0.15) is 5.75 Å². The van der Waals surface area contributed by atoms with Crippen LogP contribution in [0.2, 0.25) is 10.0 Å². The minimum absolute atomic E-state index is 0.0948. The topological polar surface area (TPSA) is 74.4 Å². The maximum absolute atomic E-state index is 13.2. The van der Waals surface area contributed by atoms with E-state index in [1.54, 1.807) is 66.6 Å². The van der Waals surface area contributed by atoms with Crippen molar-refractivity contribution in [1.82, 2.24) is 9.88 Å². The van der Waals surface area contributed by atoms with E-state index in [2.05, 4.69) is 10.3 Å². The van der Waals surface area contributed by atoms with Gasteiger partial charge in [0.2, 0.25) is 0 Å². The first-order valence-corrected chi connectivity index (χ1v) is 10.9. The second-order valence-corrected chi connectivity index (χ2v) is 8.37. The van der Waals surface area contributed by atoms with Gasteiger partial charge in [-0.2, -0.15) is 0 Å². The molecule has 0 unspecified atom stereocenters. The van der Waals surface area contributed by atoms with Crippen molar-refractivity contribution in [3.63, 3.8) is 0 Å². The van der Waals surface area contributed by atoms with Crippen LogP contribution < -0.4 is 15.6 Å². The Bertz CT molecular complexity index is 1350. The molecular weight excluding hydrogens is 461 g/mol. The summed E-state index contributed by atoms with van der Waals surface area (Å²) < 4.78 is 5.29. The molecule has 0 aliphatic carbocycles. The van der Waals surface area contributed by atoms with E-state index in [-0.39, 0.29) is 24.7 Å². The zero-order valence-corrected chi connectivity index (χ0v) is 19.3. The molecule has 0 aliphatic heterocycles. The van der Waals surface area contributed by atoms with Crippen molar-refractivity contribution in [3.8, 4) is 5.75 Å². The SMILES string of the molecule is COc1ccc2[nH]c(=O)c(CN(Cc3ccc(Cl)cc3)C(=O)Nc3cccc(Cl)c3)cc2c1. The van der Waals surface area contributed by atoms with Gasteiger partial charge in [0, 0.05) is 38.7 Å². The smallest absolute Gasteiger partial charge is 0.322 e. The highest BCUT2D eigenvalue weighted by atomic mass is 35.5. The summed E-state index contributed by atoms with van der Waals surface area (Å²) in [4.78, 5) is 30.4. The zero-order valence-electron chi connectivity index (χ0n) is 17.8. The summed E-state index contributed by atoms with van der Waals surface area (Å²) in [5.74, 6) is 0.678. The standard InChI is InChI=1S/C25H21Cl2N3O3/c1-33-22-9-10-23-17(12-22)11-18(24(31)29-23)15-30(14-16-5-7-19(26)8-6-16)25(32)28-21-4-2-3-20(27)13-21/h2-13H,14-15H2,1H3,(H,28,32)(H,29,31). The van der Waals surface area contributed by atoms with Gasteiger partial charge in [-0.15, -0.1) is 0 Å². The fraction of sp³-hybridized carbons (Fsp3) is 0.120. The molecule has 0 atom stereocenters. The first-order chi connectivity index (χ1) is 15.9. The van der Waals surface area contributed by atoms with Gasteiger partial charge in [0.15, 0.2) is 0 Å². The number of nitrogens with one attached hydrogen (secondary N) is 2. The number of urea groups is 1. The summed E-state index contributed by atoms with van der Waals surface area (Å²) in [6.45, 7) is 0.372. The van der Waals surface area contributed by atoms with Crippen molar-refractivity contribution in [2.24, 2.45) is 0 Å². The molecule has 0 radical (unpaired) electrons. The molecule has 168 valence electrons. The number of H-pyrrole nitrogens is 1. The highest BCUT2D eigenvalue weighted by Gasteiger charge is 2.17. The van der Waals surface area contributed by atoms with Gasteiger partial charge in [0.25, 0.3) is 5.56 Å². The molecule has 0 saturated carbocycles. The van der Waals surface area contributed by atoms with Gasteiger partial charge in [-0.3, -0.25) is 4.79 Å². The van der Waals surface area contributed by atoms with Crippen LogP contribution in [-0.4, -0.2) is 23.0 Å². The van der Waals surface area contributed by atoms with Crippen LogP contribution in [-0.2, 0) is 13.1 Å². The van der Waals surface area contributed by atoms with E-state index in [0.29, 0.717) is 32.6 Å². The van der Waals surface area contributed by atoms with E-state index < -0.39 is 0 Å². The molecule has 0 bridgehead atoms. The number of carbonyl (C=O) groups excluding carboxylic acids is 1. The van der Waals surface area contributed by atoms with Crippen LogP contribution in [0, 0.1) is 0 Å². The van der Waals surface area contributed by atoms with E-state index in [4.69, 9.17) is 27.9 Å². The molecule has 33 heavy (non-hydrogen) atoms. The van der Waals surface area contributed by atoms with Gasteiger partial charge in [0.05, 0.1) is 13.7 Å². The number of rotatable bonds is 6. The summed E-state index contributed by atoms with van der Waals surface area (Å²) >= 11 is 12.1. The minimum Gasteiger partial charge on any atom is -0.497 e. The van der Waals surface area contributed by atoms with Crippen LogP contribution in [0.4, 0.5) is 10.5 Å². The fourth-order valence-corrected chi connectivity index (χ4v) is 3.77. The molecule has 3 aromatic carbocycles. The third-order valence-corrected chi connectivity index (χ3v) is 5.63. The van der Waals surface area contributed by atoms with Crippen LogP contribution in [0.3, 0.4) is 0 Å². The molecule has 0 saturated heterocycles. The number of aromatic amines is 1. The zero-order chi connectivity index (χ0) is 23.4. The number of pyridine rings is 1. The van der Waals surface area contributed by atoms with Gasteiger partial charge in [-0.25, -0.2) is 4.79 Å². The summed E-state index contributed by atoms with van der Waals surface area (Å²) in [6.07, 6.45) is 0. The van der Waals surface area contributed by atoms with E-state index in [1.807, 2.05) is 18.2 Å². The van der Waals surface area contributed by atoms with Crippen LogP contribution in [0.5, 0.6) is 5.75 Å². The number of nitrogens with zero attached hydrogens (tertiary/aromatic N) is 1. The highest BCUT2D eigenvalue weighted by Crippen LogP contribution is 2.21. The van der Waals surface area contributed by atoms with Crippen LogP contribution >= 0.6 is 23.2 Å². The Kier molecular flexibility index (Phi) is 6.87. The van der Waals surface area contributed by atoms with Gasteiger partial charge in [-0.1, -0.05) is 41.4 Å². The number of halogens is 2. The lowest BCUT2D eigenvalue weighted by atomic mass is 10.1. The van der Waals surface area contributed by atoms with Crippen LogP contribution in [0.1, 0.15) is 11.1 Å². The quantitative estimate of drug-likeness (QED) is 0.350. The molecule has 4 aromatic rings. The summed E-state index contributed by atoms with van der Waals surface area (Å²) in [6, 6.07) is 20.9. The van der Waals surface area contributed by atoms with Crippen LogP contribution in [0.15, 0.2) is 77.6 Å². The summed E-state index contributed by atoms with van der Waals surface area (Å²) in [7, 11) is 1.59. The van der Waals surface area contributed by atoms with E-state index in [9.17, 15) is 9.59 Å². The number of benzene rings is 3. The first-order valence-electron chi connectivity index (χ1n) is 10.2. The lowest BCUT2D eigenvalue weighted by Crippen LogP contribution is -2.35. The minimum atomic E-state index is -0.364. The Morgan fingerprint density at radius 1 is 0.970 bits per heavy atom. The van der Waals surface area contributed by atoms with Crippen molar-refractivity contribution in [2.45, 2.75) is 13.1 Å². The van der Waals surface area contributed by atoms with Crippen molar-refractivity contribution >= 4 is 45.8 Å². The highest BCUT2D eigenvalue weighted by molar-refractivity contribution is 6.31. The summed E-state index contributed by atoms with van der Waals surface area (Å²) in [5.41, 5.74) is 2.32. The average Bonchev–Trinajstić information content (AvgIpc) is 2.80. The maximum atomic E-state index is 13.2. The molecular formula is C25H21Cl2N3O3. The number of fused-ring (bicyclic) bond motifs is 1. The van der Waals surface area contributed by atoms with E-state index >= 15 is 0 Å². The van der Waals surface area contributed by atoms with Crippen LogP contribution in [0.25, 0.3) is 10.9 Å². The molecule has 0 spiro atoms. The Balaban J connectivity index is 1.66. The number of hydrogen-bond donors (Lipinski definition) is 2. The normalized spacial score (nSPS) is 10.8. The maximum Gasteiger partial charge on any atom is 0.322 e. The van der Waals surface area contributed by atoms with E-state index in [0.717, 1.165) is 10.9 Å². The van der Waals surface area contributed by atoms with Crippen molar-refractivity contribution in [1.29, 1.82) is 0 Å². The summed E-state index contributed by atoms with van der Waals surface area (Å²) in [5, 5.41) is 4.78. The monoisotopic (exact) mass is 481 g/mol. The molecule has 6 nitrogen and oxygen atoms in total. The molecule has 8 heteroatoms. The Labute approximate surface area is 200 Å². The Morgan fingerprint density at radius 3 is 2.48 bits per heavy atom. The molecule has 0 aliphatic rings. The lowest BCUT2D eigenvalue weighted by Gasteiger charge is -2.23. The third kappa shape index (κ3) is 5.66. The van der Waals surface area contributed by atoms with Gasteiger partial charge in [-0.05, 0) is 60.2 Å². The van der Waals surface area contributed by atoms with Gasteiger partial charge >= 0.3 is 6.03 Å². The fourth-order valence-electron chi connectivity index (χ4n) is 3.46. The second-order valence-electron chi connectivity index (χ2n) is 7.50. The number of methoxy groups -OCH3 is 1. The van der Waals surface area contributed by atoms with Crippen molar-refractivity contribution in [3.05, 3.63) is 104 Å². The molecule has 4 rings (SSSR count). The number of hydrogen-bond acceptors (Lipinski definition) is 3. The first kappa shape index (κ1) is 22.7. The average molecular weight is 482 g/mol. The second kappa shape index (κ2) is 9.98. The third-order valence-electron chi connectivity index (χ3n) is 5.14. The molecule has 2 amide bonds. The largest absolute Gasteiger partial charge is 0.497 e. The number of amides is 2. The van der Waals surface area contributed by atoms with Crippen molar-refractivity contribution < 1.29 is 9.53 Å². The number of aromatic nitrogens is 1. The molecule has 1 aromatic heterocycles. The van der Waals surface area contributed by atoms with Crippen molar-refractivity contribution in [2.75, 3.05) is 12.4 Å². The van der Waals surface area contributed by atoms with E-state index in [1.165, 1.54) is 0 Å². The predicted octanol–water partition coefficient (Wildman–Crippen LogP) is 6.08. The molecule has 2 N–H and O–H groups in total.